The number of nitrogens with one attached hydrogen (secondary N) is 1. The number of hydrogen-bond donors (Lipinski definition) is 1. The van der Waals surface area contributed by atoms with Crippen molar-refractivity contribution >= 4 is 11.6 Å². The summed E-state index contributed by atoms with van der Waals surface area (Å²) < 4.78 is 11.9. The molecule has 0 unspecified atom stereocenters. The van der Waals surface area contributed by atoms with E-state index < -0.39 is 0 Å². The first-order valence-corrected chi connectivity index (χ1v) is 10.7. The molecular weight excluding hydrogens is 372 g/mol. The monoisotopic (exact) mass is 400 g/mol. The molecule has 2 aromatic rings. The lowest BCUT2D eigenvalue weighted by molar-refractivity contribution is 0.0720. The standard InChI is InChI=1S/C23H29ClN2O2/c1-2-27-22-13-18(14-25-21-15-26-10-8-19(21)9-11-26)12-20(24)23(22)28-16-17-6-4-3-5-7-17/h3-7,12-13,19,21,25H,2,8-11,14-16H2,1H3/t21-/m0/s1. The molecule has 0 amide bonds. The highest BCUT2D eigenvalue weighted by Crippen LogP contribution is 2.37. The molecule has 2 bridgehead atoms. The lowest BCUT2D eigenvalue weighted by Crippen LogP contribution is -2.55. The first-order valence-electron chi connectivity index (χ1n) is 10.3. The molecule has 3 fully saturated rings. The number of halogens is 1. The van der Waals surface area contributed by atoms with E-state index in [1.807, 2.05) is 43.3 Å². The predicted molar refractivity (Wildman–Crippen MR) is 113 cm³/mol. The van der Waals surface area contributed by atoms with E-state index in [9.17, 15) is 0 Å². The molecule has 3 aliphatic rings. The smallest absolute Gasteiger partial charge is 0.180 e. The molecule has 2 aromatic carbocycles. The van der Waals surface area contributed by atoms with Crippen LogP contribution >= 0.6 is 11.6 Å². The molecule has 1 N–H and O–H groups in total. The summed E-state index contributed by atoms with van der Waals surface area (Å²) in [5.74, 6) is 2.15. The number of piperidine rings is 3. The normalized spacial score (nSPS) is 23.6. The summed E-state index contributed by atoms with van der Waals surface area (Å²) in [6, 6.07) is 14.7. The maximum absolute atomic E-state index is 6.58. The Morgan fingerprint density at radius 2 is 1.86 bits per heavy atom. The fourth-order valence-corrected chi connectivity index (χ4v) is 4.59. The zero-order valence-corrected chi connectivity index (χ0v) is 17.3. The van der Waals surface area contributed by atoms with E-state index in [2.05, 4.69) is 16.3 Å². The van der Waals surface area contributed by atoms with Crippen LogP contribution in [0.15, 0.2) is 42.5 Å². The van der Waals surface area contributed by atoms with Crippen molar-refractivity contribution in [2.75, 3.05) is 26.2 Å². The topological polar surface area (TPSA) is 33.7 Å². The van der Waals surface area contributed by atoms with Crippen LogP contribution in [0.1, 0.15) is 30.9 Å². The highest BCUT2D eigenvalue weighted by Gasteiger charge is 2.33. The Hall–Kier alpha value is -1.75. The number of hydrogen-bond acceptors (Lipinski definition) is 4. The molecular formula is C23H29ClN2O2. The zero-order valence-electron chi connectivity index (χ0n) is 16.5. The van der Waals surface area contributed by atoms with Crippen LogP contribution in [0.2, 0.25) is 5.02 Å². The summed E-state index contributed by atoms with van der Waals surface area (Å²) in [5, 5.41) is 4.35. The Morgan fingerprint density at radius 3 is 2.54 bits per heavy atom. The van der Waals surface area contributed by atoms with E-state index in [0.29, 0.717) is 30.0 Å². The molecule has 0 radical (unpaired) electrons. The molecule has 3 aliphatic heterocycles. The summed E-state index contributed by atoms with van der Waals surface area (Å²) >= 11 is 6.58. The van der Waals surface area contributed by atoms with Gasteiger partial charge in [0.15, 0.2) is 11.5 Å². The Balaban J connectivity index is 1.43. The van der Waals surface area contributed by atoms with Crippen LogP contribution in [-0.4, -0.2) is 37.2 Å². The van der Waals surface area contributed by atoms with Crippen LogP contribution in [0.4, 0.5) is 0 Å². The summed E-state index contributed by atoms with van der Waals surface area (Å²) in [6.07, 6.45) is 2.63. The highest BCUT2D eigenvalue weighted by molar-refractivity contribution is 6.32. The van der Waals surface area contributed by atoms with Gasteiger partial charge in [-0.2, -0.15) is 0 Å². The second kappa shape index (κ2) is 9.17. The van der Waals surface area contributed by atoms with Gasteiger partial charge in [-0.05, 0) is 62.0 Å². The van der Waals surface area contributed by atoms with Crippen LogP contribution in [0.5, 0.6) is 11.5 Å². The predicted octanol–water partition coefficient (Wildman–Crippen LogP) is 4.50. The van der Waals surface area contributed by atoms with Crippen molar-refractivity contribution in [1.82, 2.24) is 10.2 Å². The van der Waals surface area contributed by atoms with Crippen molar-refractivity contribution in [2.45, 2.75) is 39.0 Å². The van der Waals surface area contributed by atoms with Gasteiger partial charge in [0, 0.05) is 19.1 Å². The summed E-state index contributed by atoms with van der Waals surface area (Å²) in [4.78, 5) is 2.57. The van der Waals surface area contributed by atoms with Crippen LogP contribution < -0.4 is 14.8 Å². The Morgan fingerprint density at radius 1 is 1.07 bits per heavy atom. The number of rotatable bonds is 8. The fraction of sp³-hybridized carbons (Fsp3) is 0.478. The first-order chi connectivity index (χ1) is 13.7. The fourth-order valence-electron chi connectivity index (χ4n) is 4.30. The molecule has 5 heteroatoms. The van der Waals surface area contributed by atoms with Gasteiger partial charge in [-0.3, -0.25) is 0 Å². The van der Waals surface area contributed by atoms with Crippen molar-refractivity contribution in [3.8, 4) is 11.5 Å². The molecule has 1 atom stereocenters. The van der Waals surface area contributed by atoms with Crippen molar-refractivity contribution in [2.24, 2.45) is 5.92 Å². The third-order valence-corrected chi connectivity index (χ3v) is 6.10. The molecule has 3 saturated heterocycles. The molecule has 4 nitrogen and oxygen atoms in total. The number of ether oxygens (including phenoxy) is 2. The van der Waals surface area contributed by atoms with Gasteiger partial charge in [0.2, 0.25) is 0 Å². The van der Waals surface area contributed by atoms with E-state index in [1.54, 1.807) is 0 Å². The minimum Gasteiger partial charge on any atom is -0.490 e. The van der Waals surface area contributed by atoms with Gasteiger partial charge in [0.25, 0.3) is 0 Å². The van der Waals surface area contributed by atoms with E-state index >= 15 is 0 Å². The zero-order chi connectivity index (χ0) is 19.3. The highest BCUT2D eigenvalue weighted by atomic mass is 35.5. The summed E-state index contributed by atoms with van der Waals surface area (Å²) in [6.45, 7) is 7.51. The van der Waals surface area contributed by atoms with Gasteiger partial charge in [-0.1, -0.05) is 41.9 Å². The van der Waals surface area contributed by atoms with E-state index in [4.69, 9.17) is 21.1 Å². The molecule has 0 spiro atoms. The second-order valence-electron chi connectivity index (χ2n) is 7.74. The van der Waals surface area contributed by atoms with Gasteiger partial charge in [0.1, 0.15) is 6.61 Å². The van der Waals surface area contributed by atoms with Crippen LogP contribution in [0.25, 0.3) is 0 Å². The van der Waals surface area contributed by atoms with Crippen molar-refractivity contribution < 1.29 is 9.47 Å². The third-order valence-electron chi connectivity index (χ3n) is 5.82. The van der Waals surface area contributed by atoms with Crippen molar-refractivity contribution in [3.05, 3.63) is 58.6 Å². The maximum atomic E-state index is 6.58. The van der Waals surface area contributed by atoms with E-state index in [-0.39, 0.29) is 0 Å². The molecule has 3 heterocycles. The number of benzene rings is 2. The van der Waals surface area contributed by atoms with Crippen LogP contribution in [0, 0.1) is 5.92 Å². The van der Waals surface area contributed by atoms with Gasteiger partial charge in [0.05, 0.1) is 11.6 Å². The maximum Gasteiger partial charge on any atom is 0.180 e. The third kappa shape index (κ3) is 4.62. The van der Waals surface area contributed by atoms with Gasteiger partial charge < -0.3 is 19.7 Å². The SMILES string of the molecule is CCOc1cc(CN[C@H]2CN3CCC2CC3)cc(Cl)c1OCc1ccccc1. The van der Waals surface area contributed by atoms with E-state index in [1.165, 1.54) is 25.9 Å². The largest absolute Gasteiger partial charge is 0.490 e. The molecule has 150 valence electrons. The molecule has 5 rings (SSSR count). The van der Waals surface area contributed by atoms with E-state index in [0.717, 1.165) is 35.9 Å². The van der Waals surface area contributed by atoms with Crippen molar-refractivity contribution in [3.63, 3.8) is 0 Å². The number of fused-ring (bicyclic) bond motifs is 3. The average molecular weight is 401 g/mol. The number of nitrogens with zero attached hydrogens (tertiary/aromatic N) is 1. The first kappa shape index (κ1) is 19.6. The lowest BCUT2D eigenvalue weighted by Gasteiger charge is -2.45. The summed E-state index contributed by atoms with van der Waals surface area (Å²) in [7, 11) is 0. The molecule has 0 aromatic heterocycles. The average Bonchev–Trinajstić information content (AvgIpc) is 2.73. The molecule has 0 aliphatic carbocycles. The van der Waals surface area contributed by atoms with Gasteiger partial charge in [-0.25, -0.2) is 0 Å². The Bertz CT molecular complexity index is 776. The Kier molecular flexibility index (Phi) is 6.40. The summed E-state index contributed by atoms with van der Waals surface area (Å²) in [5.41, 5.74) is 2.24. The molecule has 0 saturated carbocycles. The lowest BCUT2D eigenvalue weighted by atomic mass is 9.84. The molecule has 28 heavy (non-hydrogen) atoms. The second-order valence-corrected chi connectivity index (χ2v) is 8.14. The van der Waals surface area contributed by atoms with Crippen molar-refractivity contribution in [1.29, 1.82) is 0 Å². The Labute approximate surface area is 172 Å². The van der Waals surface area contributed by atoms with Gasteiger partial charge >= 0.3 is 0 Å². The van der Waals surface area contributed by atoms with Gasteiger partial charge in [-0.15, -0.1) is 0 Å². The van der Waals surface area contributed by atoms with Crippen LogP contribution in [0.3, 0.4) is 0 Å². The van der Waals surface area contributed by atoms with Crippen LogP contribution in [-0.2, 0) is 13.2 Å². The quantitative estimate of drug-likeness (QED) is 0.707. The minimum atomic E-state index is 0.470. The minimum absolute atomic E-state index is 0.470.